The zero-order valence-corrected chi connectivity index (χ0v) is 15.0. The fourth-order valence-electron chi connectivity index (χ4n) is 2.28. The molecule has 1 heterocycles. The van der Waals surface area contributed by atoms with E-state index in [0.717, 1.165) is 5.75 Å². The van der Waals surface area contributed by atoms with Crippen LogP contribution in [0.5, 0.6) is 11.5 Å². The van der Waals surface area contributed by atoms with Crippen molar-refractivity contribution in [3.63, 3.8) is 0 Å². The van der Waals surface area contributed by atoms with Gasteiger partial charge in [-0.15, -0.1) is 0 Å². The zero-order chi connectivity index (χ0) is 18.8. The van der Waals surface area contributed by atoms with Gasteiger partial charge in [-0.25, -0.2) is 0 Å². The van der Waals surface area contributed by atoms with E-state index in [2.05, 4.69) is 10.3 Å². The second kappa shape index (κ2) is 10.0. The third kappa shape index (κ3) is 6.08. The van der Waals surface area contributed by atoms with Gasteiger partial charge in [0.25, 0.3) is 5.91 Å². The molecule has 0 spiro atoms. The highest BCUT2D eigenvalue weighted by Crippen LogP contribution is 2.16. The van der Waals surface area contributed by atoms with Crippen LogP contribution in [0, 0.1) is 0 Å². The lowest BCUT2D eigenvalue weighted by molar-refractivity contribution is -0.129. The predicted octanol–water partition coefficient (Wildman–Crippen LogP) is 1.75. The number of aromatic nitrogens is 1. The molecule has 1 N–H and O–H groups in total. The lowest BCUT2D eigenvalue weighted by Gasteiger charge is -2.21. The number of hydrogen-bond acceptors (Lipinski definition) is 5. The minimum atomic E-state index is -0.212. The number of carbonyl (C=O) groups is 2. The number of nitrogens with one attached hydrogen (secondary N) is 1. The Balaban J connectivity index is 1.74. The highest BCUT2D eigenvalue weighted by molar-refractivity contribution is 5.93. The number of nitrogens with zero attached hydrogens (tertiary/aromatic N) is 2. The quantitative estimate of drug-likeness (QED) is 0.739. The second-order valence-corrected chi connectivity index (χ2v) is 5.53. The van der Waals surface area contributed by atoms with Gasteiger partial charge in [0.15, 0.2) is 0 Å². The molecule has 2 rings (SSSR count). The maximum atomic E-state index is 12.0. The van der Waals surface area contributed by atoms with Crippen LogP contribution in [0.3, 0.4) is 0 Å². The van der Waals surface area contributed by atoms with Gasteiger partial charge in [-0.1, -0.05) is 0 Å². The molecule has 138 valence electrons. The molecule has 0 aliphatic rings. The van der Waals surface area contributed by atoms with Crippen molar-refractivity contribution in [1.82, 2.24) is 15.2 Å². The Hall–Kier alpha value is -3.09. The van der Waals surface area contributed by atoms with Gasteiger partial charge >= 0.3 is 0 Å². The van der Waals surface area contributed by atoms with E-state index >= 15 is 0 Å². The molecule has 0 saturated carbocycles. The monoisotopic (exact) mass is 357 g/mol. The van der Waals surface area contributed by atoms with Crippen LogP contribution in [0.15, 0.2) is 48.8 Å². The lowest BCUT2D eigenvalue weighted by Crippen LogP contribution is -2.39. The van der Waals surface area contributed by atoms with Crippen LogP contribution < -0.4 is 14.8 Å². The van der Waals surface area contributed by atoms with E-state index < -0.39 is 0 Å². The van der Waals surface area contributed by atoms with Crippen LogP contribution in [-0.4, -0.2) is 55.0 Å². The van der Waals surface area contributed by atoms with Crippen LogP contribution in [-0.2, 0) is 4.79 Å². The Bertz CT molecular complexity index is 704. The molecule has 0 unspecified atom stereocenters. The number of ether oxygens (including phenoxy) is 2. The largest absolute Gasteiger partial charge is 0.497 e. The summed E-state index contributed by atoms with van der Waals surface area (Å²) >= 11 is 0. The Kier molecular flexibility index (Phi) is 7.42. The van der Waals surface area contributed by atoms with Crippen LogP contribution in [0.4, 0.5) is 0 Å². The number of methoxy groups -OCH3 is 1. The maximum absolute atomic E-state index is 12.0. The molecule has 0 fully saturated rings. The lowest BCUT2D eigenvalue weighted by atomic mass is 10.3. The summed E-state index contributed by atoms with van der Waals surface area (Å²) < 4.78 is 10.7. The first-order valence-corrected chi connectivity index (χ1v) is 8.30. The Morgan fingerprint density at radius 1 is 1.12 bits per heavy atom. The molecular formula is C19H23N3O4. The zero-order valence-electron chi connectivity index (χ0n) is 15.0. The second-order valence-electron chi connectivity index (χ2n) is 5.53. The first-order valence-electron chi connectivity index (χ1n) is 8.30. The Morgan fingerprint density at radius 2 is 1.85 bits per heavy atom. The van der Waals surface area contributed by atoms with Crippen molar-refractivity contribution in [1.29, 1.82) is 0 Å². The Morgan fingerprint density at radius 3 is 2.46 bits per heavy atom. The number of hydrogen-bond donors (Lipinski definition) is 1. The van der Waals surface area contributed by atoms with E-state index in [1.807, 2.05) is 24.3 Å². The van der Waals surface area contributed by atoms with Crippen molar-refractivity contribution in [2.45, 2.75) is 6.92 Å². The minimum absolute atomic E-state index is 0.0704. The van der Waals surface area contributed by atoms with Gasteiger partial charge in [0, 0.05) is 32.4 Å². The molecule has 7 nitrogen and oxygen atoms in total. The molecule has 1 aromatic carbocycles. The predicted molar refractivity (Wildman–Crippen MR) is 97.3 cm³/mol. The van der Waals surface area contributed by atoms with Crippen LogP contribution >= 0.6 is 0 Å². The highest BCUT2D eigenvalue weighted by atomic mass is 16.5. The highest BCUT2D eigenvalue weighted by Gasteiger charge is 2.10. The van der Waals surface area contributed by atoms with E-state index in [0.29, 0.717) is 37.6 Å². The summed E-state index contributed by atoms with van der Waals surface area (Å²) in [4.78, 5) is 29.2. The van der Waals surface area contributed by atoms with Crippen LogP contribution in [0.25, 0.3) is 0 Å². The third-order valence-electron chi connectivity index (χ3n) is 3.73. The molecular weight excluding hydrogens is 334 g/mol. The number of benzene rings is 1. The molecule has 0 aliphatic carbocycles. The summed E-state index contributed by atoms with van der Waals surface area (Å²) in [7, 11) is 1.60. The van der Waals surface area contributed by atoms with Gasteiger partial charge < -0.3 is 19.7 Å². The first-order chi connectivity index (χ1) is 12.6. The molecule has 1 aromatic heterocycles. The number of carbonyl (C=O) groups excluding carboxylic acids is 2. The normalized spacial score (nSPS) is 10.1. The standard InChI is InChI=1S/C19H23N3O4/c1-15(23)22(11-10-21-19(24)16-4-3-9-20-14-16)12-13-26-18-7-5-17(25-2)6-8-18/h3-9,14H,10-13H2,1-2H3,(H,21,24). The van der Waals surface area contributed by atoms with E-state index in [9.17, 15) is 9.59 Å². The van der Waals surface area contributed by atoms with Crippen molar-refractivity contribution >= 4 is 11.8 Å². The number of amides is 2. The fourth-order valence-corrected chi connectivity index (χ4v) is 2.28. The third-order valence-corrected chi connectivity index (χ3v) is 3.73. The van der Waals surface area contributed by atoms with Crippen LogP contribution in [0.2, 0.25) is 0 Å². The van der Waals surface area contributed by atoms with E-state index in [4.69, 9.17) is 9.47 Å². The summed E-state index contributed by atoms with van der Waals surface area (Å²) in [5, 5.41) is 2.78. The molecule has 0 radical (unpaired) electrons. The summed E-state index contributed by atoms with van der Waals surface area (Å²) in [6.07, 6.45) is 3.11. The van der Waals surface area contributed by atoms with E-state index in [-0.39, 0.29) is 11.8 Å². The fraction of sp³-hybridized carbons (Fsp3) is 0.316. The number of pyridine rings is 1. The van der Waals surface area contributed by atoms with Crippen molar-refractivity contribution in [3.05, 3.63) is 54.4 Å². The molecule has 0 aliphatic heterocycles. The summed E-state index contributed by atoms with van der Waals surface area (Å²) in [5.41, 5.74) is 0.490. The Labute approximate surface area is 152 Å². The molecule has 0 saturated heterocycles. The number of rotatable bonds is 9. The van der Waals surface area contributed by atoms with Gasteiger partial charge in [0.05, 0.1) is 19.2 Å². The average Bonchev–Trinajstić information content (AvgIpc) is 2.67. The van der Waals surface area contributed by atoms with Crippen molar-refractivity contribution in [2.24, 2.45) is 0 Å². The molecule has 0 atom stereocenters. The molecule has 2 aromatic rings. The first kappa shape index (κ1) is 19.2. The maximum Gasteiger partial charge on any atom is 0.252 e. The average molecular weight is 357 g/mol. The van der Waals surface area contributed by atoms with Crippen molar-refractivity contribution < 1.29 is 19.1 Å². The smallest absolute Gasteiger partial charge is 0.252 e. The molecule has 0 bridgehead atoms. The minimum Gasteiger partial charge on any atom is -0.497 e. The van der Waals surface area contributed by atoms with Gasteiger partial charge in [0.1, 0.15) is 18.1 Å². The van der Waals surface area contributed by atoms with Crippen molar-refractivity contribution in [3.8, 4) is 11.5 Å². The van der Waals surface area contributed by atoms with Gasteiger partial charge in [-0.3, -0.25) is 14.6 Å². The van der Waals surface area contributed by atoms with E-state index in [1.165, 1.54) is 13.1 Å². The summed E-state index contributed by atoms with van der Waals surface area (Å²) in [6, 6.07) is 10.6. The van der Waals surface area contributed by atoms with E-state index in [1.54, 1.807) is 30.3 Å². The van der Waals surface area contributed by atoms with Gasteiger partial charge in [-0.2, -0.15) is 0 Å². The SMILES string of the molecule is COc1ccc(OCCN(CCNC(=O)c2cccnc2)C(C)=O)cc1. The van der Waals surface area contributed by atoms with Crippen LogP contribution in [0.1, 0.15) is 17.3 Å². The van der Waals surface area contributed by atoms with Gasteiger partial charge in [0.2, 0.25) is 5.91 Å². The molecule has 26 heavy (non-hydrogen) atoms. The summed E-state index contributed by atoms with van der Waals surface area (Å²) in [5.74, 6) is 1.18. The van der Waals surface area contributed by atoms with Gasteiger partial charge in [-0.05, 0) is 36.4 Å². The molecule has 7 heteroatoms. The van der Waals surface area contributed by atoms with Crippen molar-refractivity contribution in [2.75, 3.05) is 33.4 Å². The molecule has 2 amide bonds. The topological polar surface area (TPSA) is 80.8 Å². The summed E-state index contributed by atoms with van der Waals surface area (Å²) in [6.45, 7) is 3.06.